The fourth-order valence-corrected chi connectivity index (χ4v) is 11.4. The fourth-order valence-electron chi connectivity index (χ4n) is 11.4. The van der Waals surface area contributed by atoms with Crippen molar-refractivity contribution in [2.75, 3.05) is 46.4 Å². The summed E-state index contributed by atoms with van der Waals surface area (Å²) in [5, 5.41) is 24.1. The number of unbranched alkanes of at least 4 members (excludes halogenated alkanes) is 2. The van der Waals surface area contributed by atoms with E-state index in [-0.39, 0.29) is 64.6 Å². The second-order valence-electron chi connectivity index (χ2n) is 28.2. The van der Waals surface area contributed by atoms with Crippen molar-refractivity contribution in [3.63, 3.8) is 0 Å². The molecule has 0 aliphatic carbocycles. The summed E-state index contributed by atoms with van der Waals surface area (Å²) in [6.45, 7) is 18.1. The molecule has 554 valence electrons. The Kier molecular flexibility index (Phi) is 29.5. The number of fused-ring (bicyclic) bond motifs is 2. The van der Waals surface area contributed by atoms with Crippen LogP contribution in [0, 0.1) is 0 Å². The molecule has 102 heavy (non-hydrogen) atoms. The average Bonchev–Trinajstić information content (AvgIpc) is 1.24. The number of rotatable bonds is 18. The number of likely N-dealkylation sites (N-methyl/N-ethyl adjacent to an activating group) is 1. The van der Waals surface area contributed by atoms with Crippen LogP contribution in [0.4, 0.5) is 9.59 Å². The van der Waals surface area contributed by atoms with Crippen molar-refractivity contribution < 1.29 is 81.3 Å². The molecule has 3 aromatic carbocycles. The Hall–Kier alpha value is -10.3. The van der Waals surface area contributed by atoms with Crippen LogP contribution in [0.1, 0.15) is 137 Å². The minimum atomic E-state index is -1.75. The summed E-state index contributed by atoms with van der Waals surface area (Å²) in [7, 11) is 1.35. The van der Waals surface area contributed by atoms with Crippen molar-refractivity contribution in [2.24, 2.45) is 0 Å². The van der Waals surface area contributed by atoms with Crippen molar-refractivity contribution in [3.05, 3.63) is 114 Å². The Labute approximate surface area is 594 Å². The molecule has 0 bridgehead atoms. The van der Waals surface area contributed by atoms with Gasteiger partial charge in [-0.05, 0) is 123 Å². The largest absolute Gasteiger partial charge is 0.488 e. The van der Waals surface area contributed by atoms with Crippen LogP contribution in [-0.4, -0.2) is 197 Å². The van der Waals surface area contributed by atoms with Gasteiger partial charge in [-0.3, -0.25) is 57.3 Å². The number of nitrogens with one attached hydrogen (secondary N) is 9. The predicted octanol–water partition coefficient (Wildman–Crippen LogP) is 3.85. The van der Waals surface area contributed by atoms with E-state index in [9.17, 15) is 47.9 Å². The number of carbonyl (C=O) groups is 13. The van der Waals surface area contributed by atoms with Gasteiger partial charge in [0.15, 0.2) is 0 Å². The van der Waals surface area contributed by atoms with E-state index in [0.29, 0.717) is 52.6 Å². The quantitative estimate of drug-likeness (QED) is 0.0296. The highest BCUT2D eigenvalue weighted by atomic mass is 16.6. The maximum Gasteiger partial charge on any atom is 0.419 e. The Balaban J connectivity index is 1.46. The van der Waals surface area contributed by atoms with Gasteiger partial charge in [0.05, 0.1) is 31.6 Å². The van der Waals surface area contributed by atoms with Gasteiger partial charge >= 0.3 is 18.2 Å². The number of hydrogen-bond donors (Lipinski definition) is 9. The van der Waals surface area contributed by atoms with Crippen molar-refractivity contribution in [1.82, 2.24) is 62.2 Å². The van der Waals surface area contributed by atoms with Crippen molar-refractivity contribution in [1.29, 1.82) is 0 Å². The smallest absolute Gasteiger partial charge is 0.419 e. The highest BCUT2D eigenvalue weighted by molar-refractivity contribution is 6.00. The third-order valence-corrected chi connectivity index (χ3v) is 16.2. The van der Waals surface area contributed by atoms with Gasteiger partial charge < -0.3 is 76.6 Å². The summed E-state index contributed by atoms with van der Waals surface area (Å²) in [5.74, 6) is -9.24. The fraction of sp³-hybridized carbons (Fsp3) is 0.521. The number of hydrogen-bond acceptors (Lipinski definition) is 17. The molecule has 9 N–H and O–H groups in total. The van der Waals surface area contributed by atoms with Crippen molar-refractivity contribution >= 4 is 88.1 Å². The number of para-hydroxylation sites is 1. The molecule has 0 spiro atoms. The number of amides is 11. The normalized spacial score (nSPS) is 21.0. The second kappa shape index (κ2) is 37.4. The molecule has 0 unspecified atom stereocenters. The monoisotopic (exact) mass is 1420 g/mol. The summed E-state index contributed by atoms with van der Waals surface area (Å²) in [4.78, 5) is 188. The Morgan fingerprint density at radius 1 is 0.598 bits per heavy atom. The summed E-state index contributed by atoms with van der Waals surface area (Å²) in [6, 6.07) is 11.9. The van der Waals surface area contributed by atoms with Crippen LogP contribution in [0.5, 0.6) is 5.75 Å². The second-order valence-corrected chi connectivity index (χ2v) is 28.2. The molecule has 0 saturated carbocycles. The number of alkyl carbamates (subject to hydrolysis) is 1. The molecular formula is C73H100N12O17. The lowest BCUT2D eigenvalue weighted by molar-refractivity contribution is -0.158. The standard InChI is InChI=1S/C73H100N12O17/c1-13-15-17-26-50-63(91)80-53(39-47-44-85(70(98)102-73(9,10)11)55-27-21-20-25-49(47)55)62(90)76-42-59(87)78-51(33-34-74-69(97)99-36-14-2)64(92)82-54(40-61(89)101-72(6,7)8)68(96)84-35-22-28-56(84)66(94)77-41-58(86)75-43-60(88)83(12)57(38-45-23-18-16-19-24-45)67(95)81-52(65(93)79-50)37-46-29-31-48(32-30-46)100-71(3,4)5/h14,16,18-21,23-25,27,29-32,44,50-54,56-57H,2,13,15,17,22,26,28,33-43H2,1,3-12H3,(H,74,97)(H,75,86)(H,76,90)(H,77,94)(H,78,87)(H,79,93)(H,80,91)(H,81,95)(H,82,92)/t50-,51-,52-,53-,54-,56+,57-/m0/s1. The molecule has 29 nitrogen and oxygen atoms in total. The Morgan fingerprint density at radius 2 is 1.19 bits per heavy atom. The molecule has 7 atom stereocenters. The molecule has 2 fully saturated rings. The molecule has 0 radical (unpaired) electrons. The lowest BCUT2D eigenvalue weighted by Crippen LogP contribution is -2.60. The van der Waals surface area contributed by atoms with Crippen molar-refractivity contribution in [3.8, 4) is 5.75 Å². The minimum absolute atomic E-state index is 0.00994. The number of carbonyl (C=O) groups excluding carboxylic acids is 13. The van der Waals surface area contributed by atoms with Crippen LogP contribution >= 0.6 is 0 Å². The predicted molar refractivity (Wildman–Crippen MR) is 377 cm³/mol. The maximum absolute atomic E-state index is 15.2. The van der Waals surface area contributed by atoms with E-state index >= 15 is 14.4 Å². The van der Waals surface area contributed by atoms with Gasteiger partial charge in [-0.25, -0.2) is 9.59 Å². The number of ether oxygens (including phenoxy) is 4. The van der Waals surface area contributed by atoms with E-state index < -0.39 is 162 Å². The van der Waals surface area contributed by atoms with Gasteiger partial charge in [0.25, 0.3) is 0 Å². The first-order chi connectivity index (χ1) is 48.1. The van der Waals surface area contributed by atoms with Gasteiger partial charge in [-0.15, -0.1) is 0 Å². The third kappa shape index (κ3) is 25.7. The van der Waals surface area contributed by atoms with Gasteiger partial charge in [0.1, 0.15) is 71.5 Å². The van der Waals surface area contributed by atoms with E-state index in [1.165, 1.54) is 23.9 Å². The molecule has 3 heterocycles. The SMILES string of the molecule is C=CCOC(=O)NCC[C@@H]1NC(=O)CNC(=O)[C@H](Cc2cn(C(=O)OC(C)(C)C)c3ccccc23)NC(=O)[C@H](CCCCC)NC(=O)[C@H](Cc2ccc(OC(C)(C)C)cc2)NC(=O)[C@H](Cc2ccccc2)N(C)C(=O)CNC(=O)CNC(=O)[C@H]2CCCN2C(=O)[C@H](CC(=O)OC(C)(C)C)NC1=O. The number of esters is 1. The molecular weight excluding hydrogens is 1320 g/mol. The maximum atomic E-state index is 15.2. The molecule has 11 amide bonds. The van der Waals surface area contributed by atoms with Gasteiger partial charge in [-0.2, -0.15) is 0 Å². The highest BCUT2D eigenvalue weighted by Crippen LogP contribution is 2.26. The first kappa shape index (κ1) is 80.6. The summed E-state index contributed by atoms with van der Waals surface area (Å²) in [5.41, 5.74) is -0.657. The van der Waals surface area contributed by atoms with Crippen LogP contribution in [0.15, 0.2) is 97.7 Å². The van der Waals surface area contributed by atoms with Crippen LogP contribution in [0.3, 0.4) is 0 Å². The van der Waals surface area contributed by atoms with Gasteiger partial charge in [0.2, 0.25) is 59.1 Å². The molecule has 2 aliphatic rings. The van der Waals surface area contributed by atoms with Gasteiger partial charge in [-0.1, -0.05) is 99.5 Å². The molecule has 4 aromatic rings. The van der Waals surface area contributed by atoms with E-state index in [0.717, 1.165) is 9.80 Å². The van der Waals surface area contributed by atoms with E-state index in [4.69, 9.17) is 18.9 Å². The number of benzene rings is 3. The Bertz CT molecular complexity index is 3650. The van der Waals surface area contributed by atoms with E-state index in [1.807, 2.05) is 27.7 Å². The Morgan fingerprint density at radius 3 is 1.84 bits per heavy atom. The van der Waals surface area contributed by atoms with Crippen LogP contribution in [-0.2, 0) is 86.2 Å². The lowest BCUT2D eigenvalue weighted by Gasteiger charge is -2.30. The zero-order valence-electron chi connectivity index (χ0n) is 60.2. The molecule has 2 saturated heterocycles. The summed E-state index contributed by atoms with van der Waals surface area (Å²) in [6.07, 6.45) is 1.37. The molecule has 29 heteroatoms. The summed E-state index contributed by atoms with van der Waals surface area (Å²) >= 11 is 0. The highest BCUT2D eigenvalue weighted by Gasteiger charge is 2.41. The number of aromatic nitrogens is 1. The average molecular weight is 1420 g/mol. The van der Waals surface area contributed by atoms with Crippen LogP contribution in [0.25, 0.3) is 10.9 Å². The van der Waals surface area contributed by atoms with Crippen molar-refractivity contribution in [2.45, 2.75) is 199 Å². The molecule has 1 aromatic heterocycles. The van der Waals surface area contributed by atoms with Gasteiger partial charge in [0, 0.05) is 51.0 Å². The van der Waals surface area contributed by atoms with E-state index in [1.54, 1.807) is 120 Å². The first-order valence-corrected chi connectivity index (χ1v) is 34.4. The third-order valence-electron chi connectivity index (χ3n) is 16.2. The van der Waals surface area contributed by atoms with E-state index in [2.05, 4.69) is 54.4 Å². The summed E-state index contributed by atoms with van der Waals surface area (Å²) < 4.78 is 23.6. The first-order valence-electron chi connectivity index (χ1n) is 34.4. The minimum Gasteiger partial charge on any atom is -0.488 e. The van der Waals surface area contributed by atoms with Crippen LogP contribution < -0.4 is 52.6 Å². The zero-order valence-corrected chi connectivity index (χ0v) is 60.2. The zero-order chi connectivity index (χ0) is 75.1. The lowest BCUT2D eigenvalue weighted by atomic mass is 10.00. The molecule has 6 rings (SSSR count). The number of nitrogens with zero attached hydrogens (tertiary/aromatic N) is 3. The topological polar surface area (TPSA) is 379 Å². The molecule has 2 aliphatic heterocycles. The van der Waals surface area contributed by atoms with Crippen LogP contribution in [0.2, 0.25) is 0 Å².